The fourth-order valence-electron chi connectivity index (χ4n) is 1.50. The second-order valence-corrected chi connectivity index (χ2v) is 4.71. The van der Waals surface area contributed by atoms with Crippen molar-refractivity contribution in [2.45, 2.75) is 12.8 Å². The van der Waals surface area contributed by atoms with Gasteiger partial charge < -0.3 is 14.6 Å². The molecule has 0 fully saturated rings. The van der Waals surface area contributed by atoms with Crippen LogP contribution in [0.1, 0.15) is 17.7 Å². The third kappa shape index (κ3) is 1.88. The number of fused-ring (bicyclic) bond motifs is 1. The zero-order valence-electron chi connectivity index (χ0n) is 9.02. The number of ether oxygens (including phenoxy) is 1. The molecule has 0 aliphatic heterocycles. The van der Waals surface area contributed by atoms with Gasteiger partial charge in [0.2, 0.25) is 0 Å². The summed E-state index contributed by atoms with van der Waals surface area (Å²) in [5.74, 6) is -0.833. The number of carboxylic acid groups (broad SMARTS) is 1. The first-order valence-corrected chi connectivity index (χ1v) is 5.72. The van der Waals surface area contributed by atoms with E-state index in [1.54, 1.807) is 14.0 Å². The van der Waals surface area contributed by atoms with E-state index in [0.29, 0.717) is 0 Å². The summed E-state index contributed by atoms with van der Waals surface area (Å²) < 4.78 is 6.17. The van der Waals surface area contributed by atoms with Crippen LogP contribution in [-0.2, 0) is 4.79 Å². The number of methoxy groups -OCH3 is 1. The van der Waals surface area contributed by atoms with Crippen LogP contribution in [-0.4, -0.2) is 13.1 Å². The standard InChI is InChI=1S/C12H12O3S/c1-7(12(13)14)11-6-8-5-9(15-2)3-4-10(8)16-11/h3-7H,1-2H3,(H,13,14)/p-1. The second-order valence-electron chi connectivity index (χ2n) is 3.59. The van der Waals surface area contributed by atoms with E-state index in [1.807, 2.05) is 24.3 Å². The molecule has 1 aromatic heterocycles. The van der Waals surface area contributed by atoms with Gasteiger partial charge >= 0.3 is 0 Å². The highest BCUT2D eigenvalue weighted by Gasteiger charge is 2.10. The molecule has 1 heterocycles. The van der Waals surface area contributed by atoms with Crippen molar-refractivity contribution in [3.05, 3.63) is 29.1 Å². The molecule has 16 heavy (non-hydrogen) atoms. The summed E-state index contributed by atoms with van der Waals surface area (Å²) in [6, 6.07) is 7.58. The maximum atomic E-state index is 10.8. The van der Waals surface area contributed by atoms with E-state index < -0.39 is 11.9 Å². The highest BCUT2D eigenvalue weighted by Crippen LogP contribution is 2.32. The van der Waals surface area contributed by atoms with E-state index in [-0.39, 0.29) is 0 Å². The summed E-state index contributed by atoms with van der Waals surface area (Å²) in [5.41, 5.74) is 0. The smallest absolute Gasteiger partial charge is 0.119 e. The first-order chi connectivity index (χ1) is 7.61. The van der Waals surface area contributed by atoms with Crippen molar-refractivity contribution in [1.82, 2.24) is 0 Å². The molecule has 3 nitrogen and oxygen atoms in total. The molecule has 84 valence electrons. The van der Waals surface area contributed by atoms with Crippen LogP contribution in [0.4, 0.5) is 0 Å². The van der Waals surface area contributed by atoms with Gasteiger partial charge in [-0.15, -0.1) is 11.3 Å². The summed E-state index contributed by atoms with van der Waals surface area (Å²) in [4.78, 5) is 11.6. The largest absolute Gasteiger partial charge is 0.549 e. The molecule has 0 aliphatic carbocycles. The molecule has 0 bridgehead atoms. The Morgan fingerprint density at radius 3 is 2.81 bits per heavy atom. The zero-order valence-corrected chi connectivity index (χ0v) is 9.84. The summed E-state index contributed by atoms with van der Waals surface area (Å²) in [6.45, 7) is 1.64. The topological polar surface area (TPSA) is 49.4 Å². The predicted molar refractivity (Wildman–Crippen MR) is 61.8 cm³/mol. The number of carbonyl (C=O) groups is 1. The molecule has 4 heteroatoms. The molecule has 1 aromatic carbocycles. The lowest BCUT2D eigenvalue weighted by atomic mass is 10.1. The molecular weight excluding hydrogens is 224 g/mol. The van der Waals surface area contributed by atoms with Crippen molar-refractivity contribution in [3.63, 3.8) is 0 Å². The van der Waals surface area contributed by atoms with Crippen molar-refractivity contribution in [1.29, 1.82) is 0 Å². The number of aliphatic carboxylic acids is 1. The fourth-order valence-corrected chi connectivity index (χ4v) is 2.58. The minimum atomic E-state index is -1.04. The normalized spacial score (nSPS) is 12.6. The molecule has 0 amide bonds. The molecule has 0 radical (unpaired) electrons. The van der Waals surface area contributed by atoms with Gasteiger partial charge in [-0.2, -0.15) is 0 Å². The van der Waals surface area contributed by atoms with E-state index in [4.69, 9.17) is 4.74 Å². The third-order valence-corrected chi connectivity index (χ3v) is 3.82. The monoisotopic (exact) mass is 235 g/mol. The van der Waals surface area contributed by atoms with Crippen LogP contribution in [0.15, 0.2) is 24.3 Å². The predicted octanol–water partition coefficient (Wildman–Crippen LogP) is 1.76. The van der Waals surface area contributed by atoms with Gasteiger partial charge in [0, 0.05) is 21.5 Å². The maximum absolute atomic E-state index is 10.8. The number of rotatable bonds is 3. The third-order valence-electron chi connectivity index (χ3n) is 2.52. The van der Waals surface area contributed by atoms with Crippen LogP contribution in [0.5, 0.6) is 5.75 Å². The lowest BCUT2D eigenvalue weighted by molar-refractivity contribution is -0.307. The van der Waals surface area contributed by atoms with Crippen LogP contribution in [0, 0.1) is 0 Å². The summed E-state index contributed by atoms with van der Waals surface area (Å²) in [7, 11) is 1.61. The van der Waals surface area contributed by atoms with Gasteiger partial charge in [0.05, 0.1) is 7.11 Å². The molecule has 0 spiro atoms. The van der Waals surface area contributed by atoms with Crippen molar-refractivity contribution in [2.75, 3.05) is 7.11 Å². The Morgan fingerprint density at radius 2 is 2.19 bits per heavy atom. The van der Waals surface area contributed by atoms with Crippen molar-refractivity contribution in [3.8, 4) is 5.75 Å². The first kappa shape index (κ1) is 11.0. The van der Waals surface area contributed by atoms with Gasteiger partial charge in [0.15, 0.2) is 0 Å². The van der Waals surface area contributed by atoms with Gasteiger partial charge in [0.25, 0.3) is 0 Å². The molecule has 1 unspecified atom stereocenters. The lowest BCUT2D eigenvalue weighted by Crippen LogP contribution is -2.27. The van der Waals surface area contributed by atoms with Crippen LogP contribution < -0.4 is 9.84 Å². The number of thiophene rings is 1. The number of hydrogen-bond acceptors (Lipinski definition) is 4. The minimum absolute atomic E-state index is 0.566. The van der Waals surface area contributed by atoms with Crippen molar-refractivity contribution >= 4 is 27.4 Å². The van der Waals surface area contributed by atoms with Crippen molar-refractivity contribution in [2.24, 2.45) is 0 Å². The van der Waals surface area contributed by atoms with Crippen LogP contribution in [0.3, 0.4) is 0 Å². The maximum Gasteiger partial charge on any atom is 0.119 e. The second kappa shape index (κ2) is 4.14. The summed E-state index contributed by atoms with van der Waals surface area (Å²) in [6.07, 6.45) is 0. The average molecular weight is 235 g/mol. The number of hydrogen-bond donors (Lipinski definition) is 0. The quantitative estimate of drug-likeness (QED) is 0.814. The van der Waals surface area contributed by atoms with E-state index in [2.05, 4.69) is 0 Å². The molecule has 2 aromatic rings. The Hall–Kier alpha value is -1.55. The highest BCUT2D eigenvalue weighted by atomic mass is 32.1. The van der Waals surface area contributed by atoms with Crippen LogP contribution in [0.2, 0.25) is 0 Å². The van der Waals surface area contributed by atoms with Gasteiger partial charge in [0.1, 0.15) is 5.75 Å². The van der Waals surface area contributed by atoms with Gasteiger partial charge in [-0.1, -0.05) is 6.92 Å². The molecule has 0 N–H and O–H groups in total. The van der Waals surface area contributed by atoms with E-state index in [1.165, 1.54) is 11.3 Å². The molecule has 0 saturated carbocycles. The summed E-state index contributed by atoms with van der Waals surface area (Å²) >= 11 is 1.48. The number of carbonyl (C=O) groups excluding carboxylic acids is 1. The Morgan fingerprint density at radius 1 is 1.44 bits per heavy atom. The Bertz CT molecular complexity index is 530. The lowest BCUT2D eigenvalue weighted by Gasteiger charge is -2.08. The van der Waals surface area contributed by atoms with Crippen molar-refractivity contribution < 1.29 is 14.6 Å². The molecule has 2 rings (SSSR count). The zero-order chi connectivity index (χ0) is 11.7. The molecule has 1 atom stereocenters. The molecule has 0 aliphatic rings. The number of carboxylic acids is 1. The summed E-state index contributed by atoms with van der Waals surface area (Å²) in [5, 5.41) is 11.8. The van der Waals surface area contributed by atoms with Gasteiger partial charge in [-0.05, 0) is 29.7 Å². The van der Waals surface area contributed by atoms with E-state index in [0.717, 1.165) is 20.7 Å². The SMILES string of the molecule is COc1ccc2sc(C(C)C(=O)[O-])cc2c1. The Balaban J connectivity index is 2.47. The first-order valence-electron chi connectivity index (χ1n) is 4.90. The van der Waals surface area contributed by atoms with Gasteiger partial charge in [-0.25, -0.2) is 0 Å². The molecular formula is C12H11O3S-. The fraction of sp³-hybridized carbons (Fsp3) is 0.250. The van der Waals surface area contributed by atoms with E-state index in [9.17, 15) is 9.90 Å². The highest BCUT2D eigenvalue weighted by molar-refractivity contribution is 7.19. The van der Waals surface area contributed by atoms with Crippen LogP contribution in [0.25, 0.3) is 10.1 Å². The Kier molecular flexibility index (Phi) is 2.83. The van der Waals surface area contributed by atoms with Crippen LogP contribution >= 0.6 is 11.3 Å². The Labute approximate surface area is 97.3 Å². The number of benzene rings is 1. The van der Waals surface area contributed by atoms with Gasteiger partial charge in [-0.3, -0.25) is 0 Å². The molecule has 0 saturated heterocycles. The minimum Gasteiger partial charge on any atom is -0.549 e. The average Bonchev–Trinajstić information content (AvgIpc) is 2.69. The van der Waals surface area contributed by atoms with E-state index >= 15 is 0 Å².